The Morgan fingerprint density at radius 2 is 2.30 bits per heavy atom. The number of aromatic nitrogens is 2. The molecule has 6 N–H and O–H groups in total. The average molecular weight is 462 g/mol. The van der Waals surface area contributed by atoms with Crippen LogP contribution in [0.3, 0.4) is 0 Å². The summed E-state index contributed by atoms with van der Waals surface area (Å²) in [5.74, 6) is -0.114. The van der Waals surface area contributed by atoms with Gasteiger partial charge >= 0.3 is 0 Å². The number of nitrogens with two attached hydrogens (primary N) is 1. The molecule has 0 aliphatic rings. The van der Waals surface area contributed by atoms with Gasteiger partial charge in [-0.1, -0.05) is 6.92 Å². The Kier molecular flexibility index (Phi) is 8.28. The molecule has 0 saturated heterocycles. The van der Waals surface area contributed by atoms with Gasteiger partial charge in [-0.2, -0.15) is 0 Å². The van der Waals surface area contributed by atoms with Crippen LogP contribution in [0.2, 0.25) is 0 Å². The third-order valence-electron chi connectivity index (χ3n) is 3.77. The van der Waals surface area contributed by atoms with Gasteiger partial charge < -0.3 is 5.32 Å². The molecule has 2 atom stereocenters. The van der Waals surface area contributed by atoms with Crippen LogP contribution in [0.15, 0.2) is 32.3 Å². The third kappa shape index (κ3) is 6.06. The molecule has 27 heavy (non-hydrogen) atoms. The summed E-state index contributed by atoms with van der Waals surface area (Å²) in [5, 5.41) is 25.8. The Balaban J connectivity index is 2.06. The first-order chi connectivity index (χ1) is 13.0. The Morgan fingerprint density at radius 3 is 2.93 bits per heavy atom. The maximum Gasteiger partial charge on any atom is 0.202 e. The van der Waals surface area contributed by atoms with Gasteiger partial charge in [-0.05, 0) is 74.6 Å². The maximum absolute atomic E-state index is 13.3. The molecule has 0 bridgehead atoms. The molecule has 2 rings (SSSR count). The fourth-order valence-electron chi connectivity index (χ4n) is 2.32. The fraction of sp³-hybridized carbons (Fsp3) is 0.400. The molecule has 0 spiro atoms. The number of amidine groups is 1. The number of nitrogens with zero attached hydrogens (tertiary/aromatic N) is 3. The smallest absolute Gasteiger partial charge is 0.202 e. The van der Waals surface area contributed by atoms with Crippen LogP contribution in [-0.2, 0) is 10.9 Å². The number of nitrogens with one attached hydrogen (secondary N) is 3. The fourth-order valence-corrected chi connectivity index (χ4v) is 3.47. The number of halogens is 2. The van der Waals surface area contributed by atoms with Crippen molar-refractivity contribution < 1.29 is 14.2 Å². The Hall–Kier alpha value is -1.89. The van der Waals surface area contributed by atoms with Gasteiger partial charge in [0.15, 0.2) is 11.5 Å². The monoisotopic (exact) mass is 461 g/mol. The van der Waals surface area contributed by atoms with Gasteiger partial charge in [0, 0.05) is 11.8 Å². The number of hydrogen-bond donors (Lipinski definition) is 5. The molecule has 2 unspecified atom stereocenters. The Labute approximate surface area is 166 Å². The number of hydroxylamine groups is 1. The highest BCUT2D eigenvalue weighted by Gasteiger charge is 2.17. The quantitative estimate of drug-likeness (QED) is 0.166. The highest BCUT2D eigenvalue weighted by atomic mass is 79.9. The molecule has 0 amide bonds. The predicted molar refractivity (Wildman–Crippen MR) is 106 cm³/mol. The van der Waals surface area contributed by atoms with E-state index in [9.17, 15) is 9.60 Å². The Bertz CT molecular complexity index is 817. The molecule has 1 aromatic heterocycles. The molecule has 0 aliphatic carbocycles. The van der Waals surface area contributed by atoms with Crippen molar-refractivity contribution in [3.63, 3.8) is 0 Å². The van der Waals surface area contributed by atoms with Crippen molar-refractivity contribution in [1.29, 1.82) is 4.78 Å². The molecule has 0 aliphatic heterocycles. The highest BCUT2D eigenvalue weighted by molar-refractivity contribution is 9.10. The van der Waals surface area contributed by atoms with Gasteiger partial charge in [0.1, 0.15) is 5.82 Å². The van der Waals surface area contributed by atoms with E-state index < -0.39 is 16.7 Å². The van der Waals surface area contributed by atoms with Crippen LogP contribution in [-0.4, -0.2) is 33.2 Å². The van der Waals surface area contributed by atoms with E-state index in [-0.39, 0.29) is 21.3 Å². The number of aliphatic imine (C=N–C) groups is 1. The minimum atomic E-state index is -0.850. The molecule has 9 nitrogen and oxygen atoms in total. The summed E-state index contributed by atoms with van der Waals surface area (Å²) in [4.78, 5) is 4.19. The van der Waals surface area contributed by atoms with Crippen molar-refractivity contribution in [2.45, 2.75) is 31.4 Å². The molecule has 1 heterocycles. The molecular formula is C15H21BrFN7O2S. The van der Waals surface area contributed by atoms with E-state index in [1.807, 2.05) is 12.4 Å². The van der Waals surface area contributed by atoms with E-state index in [2.05, 4.69) is 36.6 Å². The van der Waals surface area contributed by atoms with E-state index in [1.54, 1.807) is 0 Å². The van der Waals surface area contributed by atoms with Gasteiger partial charge in [0.25, 0.3) is 0 Å². The van der Waals surface area contributed by atoms with Gasteiger partial charge in [0.2, 0.25) is 5.82 Å². The average Bonchev–Trinajstić information content (AvgIpc) is 3.10. The summed E-state index contributed by atoms with van der Waals surface area (Å²) in [5.41, 5.74) is 2.54. The van der Waals surface area contributed by atoms with Gasteiger partial charge in [-0.3, -0.25) is 20.6 Å². The number of benzene rings is 1. The number of anilines is 1. The third-order valence-corrected chi connectivity index (χ3v) is 5.67. The van der Waals surface area contributed by atoms with Crippen LogP contribution in [0.25, 0.3) is 0 Å². The lowest BCUT2D eigenvalue weighted by Crippen LogP contribution is -2.23. The summed E-state index contributed by atoms with van der Waals surface area (Å²) >= 11 is 3.08. The summed E-state index contributed by atoms with van der Waals surface area (Å²) in [7, 11) is -0.850. The molecule has 1 aromatic carbocycles. The van der Waals surface area contributed by atoms with Crippen LogP contribution in [0.5, 0.6) is 0 Å². The summed E-state index contributed by atoms with van der Waals surface area (Å²) in [6, 6.07) is 4.16. The van der Waals surface area contributed by atoms with Crippen molar-refractivity contribution in [2.75, 3.05) is 11.9 Å². The zero-order valence-electron chi connectivity index (χ0n) is 14.6. The van der Waals surface area contributed by atoms with Crippen LogP contribution in [0.4, 0.5) is 15.9 Å². The predicted octanol–water partition coefficient (Wildman–Crippen LogP) is 3.25. The lowest BCUT2D eigenvalue weighted by molar-refractivity contribution is 0.234. The molecule has 12 heteroatoms. The first kappa shape index (κ1) is 21.4. The standard InChI is InChI=1S/C15H21BrFN7O2S/c1-2-10(27(18)19)4-3-7-20-14-13(23-26-24-14)15(22-25)21-9-5-6-12(17)11(16)8-9/h5-6,8,10,25H,2-4,7H2,1H3,(H3,18,19)(H,20,24)(H,21,22). The van der Waals surface area contributed by atoms with Crippen LogP contribution in [0.1, 0.15) is 31.9 Å². The molecule has 0 fully saturated rings. The van der Waals surface area contributed by atoms with E-state index in [4.69, 9.17) is 14.5 Å². The summed E-state index contributed by atoms with van der Waals surface area (Å²) in [6.45, 7) is 2.58. The first-order valence-electron chi connectivity index (χ1n) is 8.15. The number of hydrogen-bond acceptors (Lipinski definition) is 7. The van der Waals surface area contributed by atoms with E-state index >= 15 is 0 Å². The van der Waals surface area contributed by atoms with Crippen LogP contribution in [0, 0.1) is 10.6 Å². The van der Waals surface area contributed by atoms with E-state index in [1.165, 1.54) is 18.2 Å². The van der Waals surface area contributed by atoms with Gasteiger partial charge in [-0.15, -0.1) is 0 Å². The zero-order valence-corrected chi connectivity index (χ0v) is 17.0. The van der Waals surface area contributed by atoms with Gasteiger partial charge in [0.05, 0.1) is 10.2 Å². The molecule has 0 radical (unpaired) electrons. The van der Waals surface area contributed by atoms with Crippen LogP contribution >= 0.6 is 15.9 Å². The highest BCUT2D eigenvalue weighted by Crippen LogP contribution is 2.23. The normalized spacial score (nSPS) is 14.0. The topological polar surface area (TPSA) is 145 Å². The minimum absolute atomic E-state index is 0.00152. The van der Waals surface area contributed by atoms with E-state index in [0.29, 0.717) is 18.1 Å². The van der Waals surface area contributed by atoms with Crippen molar-refractivity contribution in [1.82, 2.24) is 15.8 Å². The molecular weight excluding hydrogens is 441 g/mol. The maximum atomic E-state index is 13.3. The molecule has 148 valence electrons. The second kappa shape index (κ2) is 10.4. The van der Waals surface area contributed by atoms with Crippen LogP contribution < -0.4 is 15.9 Å². The number of rotatable bonds is 9. The van der Waals surface area contributed by atoms with Crippen molar-refractivity contribution in [3.05, 3.63) is 34.2 Å². The summed E-state index contributed by atoms with van der Waals surface area (Å²) in [6.07, 6.45) is 2.46. The van der Waals surface area contributed by atoms with Crippen molar-refractivity contribution in [3.8, 4) is 0 Å². The van der Waals surface area contributed by atoms with Gasteiger partial charge in [-0.25, -0.2) is 14.0 Å². The largest absolute Gasteiger partial charge is 0.365 e. The SMILES string of the molecule is CCC(CCCNc1nonc1C(=Nc1ccc(F)c(Br)c1)NO)S(=N)N. The summed E-state index contributed by atoms with van der Waals surface area (Å²) < 4.78 is 25.9. The van der Waals surface area contributed by atoms with E-state index in [0.717, 1.165) is 19.3 Å². The minimum Gasteiger partial charge on any atom is -0.365 e. The molecule has 0 saturated carbocycles. The zero-order chi connectivity index (χ0) is 19.8. The van der Waals surface area contributed by atoms with Crippen molar-refractivity contribution >= 4 is 44.1 Å². The second-order valence-electron chi connectivity index (χ2n) is 5.60. The second-order valence-corrected chi connectivity index (χ2v) is 7.87. The lowest BCUT2D eigenvalue weighted by atomic mass is 10.2. The van der Waals surface area contributed by atoms with Crippen molar-refractivity contribution in [2.24, 2.45) is 10.1 Å². The molecule has 2 aromatic rings. The Morgan fingerprint density at radius 1 is 1.52 bits per heavy atom. The lowest BCUT2D eigenvalue weighted by Gasteiger charge is -2.13. The first-order valence-corrected chi connectivity index (χ1v) is 10.3.